The first-order valence-corrected chi connectivity index (χ1v) is 13.0. The van der Waals surface area contributed by atoms with Crippen LogP contribution in [0.25, 0.3) is 11.1 Å². The monoisotopic (exact) mass is 553 g/mol. The number of fused-ring (bicyclic) bond motifs is 1. The Hall–Kier alpha value is -4.05. The number of rotatable bonds is 9. The third-order valence-corrected chi connectivity index (χ3v) is 7.18. The van der Waals surface area contributed by atoms with E-state index in [1.807, 2.05) is 19.0 Å². The van der Waals surface area contributed by atoms with Crippen LogP contribution in [-0.2, 0) is 16.4 Å². The number of anilines is 1. The SMILES string of the molecule is CN(C)CCCNC(=O)c1ccc(-c2cc(NC(=O)C3(c4ccc5c(c4)OCO5)CC3)cc(C(F)(F)F)c2)cc1. The van der Waals surface area contributed by atoms with Gasteiger partial charge < -0.3 is 25.0 Å². The summed E-state index contributed by atoms with van der Waals surface area (Å²) in [5.74, 6) is 0.511. The van der Waals surface area contributed by atoms with Gasteiger partial charge in [-0.05, 0) is 99.1 Å². The summed E-state index contributed by atoms with van der Waals surface area (Å²) < 4.78 is 52.2. The van der Waals surface area contributed by atoms with Crippen LogP contribution < -0.4 is 20.1 Å². The number of alkyl halides is 3. The molecule has 0 radical (unpaired) electrons. The smallest absolute Gasteiger partial charge is 0.416 e. The standard InChI is InChI=1S/C30H30F3N3O4/c1-36(2)13-3-12-34-27(37)20-6-4-19(5-7-20)21-14-23(30(31,32)33)16-24(15-21)35-28(38)29(10-11-29)22-8-9-25-26(17-22)40-18-39-25/h4-9,14-17H,3,10-13,18H2,1-2H3,(H,34,37)(H,35,38). The van der Waals surface area contributed by atoms with Gasteiger partial charge in [0.25, 0.3) is 5.91 Å². The number of halogens is 3. The van der Waals surface area contributed by atoms with Gasteiger partial charge in [0.05, 0.1) is 11.0 Å². The second-order valence-corrected chi connectivity index (χ2v) is 10.4. The predicted octanol–water partition coefficient (Wildman–Crippen LogP) is 5.45. The van der Waals surface area contributed by atoms with Gasteiger partial charge in [-0.15, -0.1) is 0 Å². The highest BCUT2D eigenvalue weighted by atomic mass is 19.4. The Labute approximate surface area is 230 Å². The van der Waals surface area contributed by atoms with Crippen LogP contribution in [0.5, 0.6) is 11.5 Å². The molecule has 40 heavy (non-hydrogen) atoms. The summed E-state index contributed by atoms with van der Waals surface area (Å²) in [6.45, 7) is 1.46. The summed E-state index contributed by atoms with van der Waals surface area (Å²) in [4.78, 5) is 27.8. The molecule has 0 bridgehead atoms. The minimum atomic E-state index is -4.61. The Morgan fingerprint density at radius 1 is 0.925 bits per heavy atom. The number of benzene rings is 3. The molecule has 0 spiro atoms. The molecule has 0 atom stereocenters. The van der Waals surface area contributed by atoms with Gasteiger partial charge in [0.2, 0.25) is 12.7 Å². The summed E-state index contributed by atoms with van der Waals surface area (Å²) in [6, 6.07) is 15.1. The number of ether oxygens (including phenoxy) is 2. The van der Waals surface area contributed by atoms with E-state index in [9.17, 15) is 22.8 Å². The largest absolute Gasteiger partial charge is 0.454 e. The highest BCUT2D eigenvalue weighted by Gasteiger charge is 2.51. The van der Waals surface area contributed by atoms with E-state index >= 15 is 0 Å². The maximum Gasteiger partial charge on any atom is 0.416 e. The molecule has 0 saturated heterocycles. The first kappa shape index (κ1) is 27.5. The highest BCUT2D eigenvalue weighted by Crippen LogP contribution is 2.51. The number of amides is 2. The summed E-state index contributed by atoms with van der Waals surface area (Å²) in [5, 5.41) is 5.56. The van der Waals surface area contributed by atoms with Crippen LogP contribution in [0.2, 0.25) is 0 Å². The van der Waals surface area contributed by atoms with E-state index in [1.54, 1.807) is 42.5 Å². The van der Waals surface area contributed by atoms with Crippen LogP contribution in [0.3, 0.4) is 0 Å². The molecule has 0 aromatic heterocycles. The van der Waals surface area contributed by atoms with E-state index in [-0.39, 0.29) is 29.9 Å². The number of nitrogens with zero attached hydrogens (tertiary/aromatic N) is 1. The van der Waals surface area contributed by atoms with Gasteiger partial charge in [0, 0.05) is 17.8 Å². The molecule has 1 heterocycles. The minimum Gasteiger partial charge on any atom is -0.454 e. The van der Waals surface area contributed by atoms with E-state index in [1.165, 1.54) is 6.07 Å². The fourth-order valence-corrected chi connectivity index (χ4v) is 4.76. The van der Waals surface area contributed by atoms with Crippen LogP contribution in [0.15, 0.2) is 60.7 Å². The number of nitrogens with one attached hydrogen (secondary N) is 2. The zero-order valence-electron chi connectivity index (χ0n) is 22.2. The molecule has 3 aromatic carbocycles. The molecule has 3 aromatic rings. The quantitative estimate of drug-likeness (QED) is 0.345. The molecule has 10 heteroatoms. The van der Waals surface area contributed by atoms with E-state index in [0.29, 0.717) is 42.0 Å². The molecule has 1 aliphatic heterocycles. The Kier molecular flexibility index (Phi) is 7.46. The molecule has 1 aliphatic carbocycles. The minimum absolute atomic E-state index is 0.0459. The van der Waals surface area contributed by atoms with Gasteiger partial charge in [-0.3, -0.25) is 9.59 Å². The van der Waals surface area contributed by atoms with Crippen molar-refractivity contribution < 1.29 is 32.2 Å². The van der Waals surface area contributed by atoms with Crippen molar-refractivity contribution in [3.8, 4) is 22.6 Å². The zero-order chi connectivity index (χ0) is 28.5. The van der Waals surface area contributed by atoms with Crippen LogP contribution in [-0.4, -0.2) is 50.7 Å². The average Bonchev–Trinajstić information content (AvgIpc) is 3.61. The lowest BCUT2D eigenvalue weighted by molar-refractivity contribution is -0.137. The topological polar surface area (TPSA) is 79.9 Å². The first-order valence-electron chi connectivity index (χ1n) is 13.0. The van der Waals surface area contributed by atoms with Crippen molar-refractivity contribution in [1.29, 1.82) is 0 Å². The van der Waals surface area contributed by atoms with Crippen molar-refractivity contribution >= 4 is 17.5 Å². The number of carbonyl (C=O) groups excluding carboxylic acids is 2. The molecule has 2 aliphatic rings. The van der Waals surface area contributed by atoms with E-state index in [2.05, 4.69) is 10.6 Å². The molecule has 1 saturated carbocycles. The zero-order valence-corrected chi connectivity index (χ0v) is 22.2. The maximum absolute atomic E-state index is 13.8. The van der Waals surface area contributed by atoms with Crippen molar-refractivity contribution in [3.63, 3.8) is 0 Å². The van der Waals surface area contributed by atoms with Crippen molar-refractivity contribution in [2.45, 2.75) is 30.9 Å². The fraction of sp³-hybridized carbons (Fsp3) is 0.333. The molecule has 2 N–H and O–H groups in total. The number of carbonyl (C=O) groups is 2. The molecular formula is C30H30F3N3O4. The fourth-order valence-electron chi connectivity index (χ4n) is 4.76. The lowest BCUT2D eigenvalue weighted by Gasteiger charge is -2.18. The second-order valence-electron chi connectivity index (χ2n) is 10.4. The Balaban J connectivity index is 1.35. The molecule has 210 valence electrons. The third kappa shape index (κ3) is 5.91. The van der Waals surface area contributed by atoms with Gasteiger partial charge in [-0.2, -0.15) is 13.2 Å². The molecule has 2 amide bonds. The van der Waals surface area contributed by atoms with Crippen LogP contribution >= 0.6 is 0 Å². The van der Waals surface area contributed by atoms with Crippen molar-refractivity contribution in [2.75, 3.05) is 39.3 Å². The van der Waals surface area contributed by atoms with E-state index < -0.39 is 17.2 Å². The van der Waals surface area contributed by atoms with Gasteiger partial charge in [-0.1, -0.05) is 18.2 Å². The Morgan fingerprint density at radius 3 is 2.33 bits per heavy atom. The Morgan fingerprint density at radius 2 is 1.65 bits per heavy atom. The van der Waals surface area contributed by atoms with Crippen molar-refractivity contribution in [2.24, 2.45) is 0 Å². The second kappa shape index (κ2) is 10.8. The van der Waals surface area contributed by atoms with Crippen molar-refractivity contribution in [1.82, 2.24) is 10.2 Å². The summed E-state index contributed by atoms with van der Waals surface area (Å²) in [7, 11) is 3.91. The summed E-state index contributed by atoms with van der Waals surface area (Å²) >= 11 is 0. The van der Waals surface area contributed by atoms with Gasteiger partial charge in [0.1, 0.15) is 0 Å². The summed E-state index contributed by atoms with van der Waals surface area (Å²) in [5.41, 5.74) is 0.237. The average molecular weight is 554 g/mol. The normalized spacial score (nSPS) is 15.2. The number of hydrogen-bond acceptors (Lipinski definition) is 5. The van der Waals surface area contributed by atoms with E-state index in [4.69, 9.17) is 9.47 Å². The number of hydrogen-bond donors (Lipinski definition) is 2. The molecule has 7 nitrogen and oxygen atoms in total. The van der Waals surface area contributed by atoms with Gasteiger partial charge in [0.15, 0.2) is 11.5 Å². The molecule has 0 unspecified atom stereocenters. The first-order chi connectivity index (χ1) is 19.0. The van der Waals surface area contributed by atoms with Crippen LogP contribution in [0.4, 0.5) is 18.9 Å². The Bertz CT molecular complexity index is 1420. The molecular weight excluding hydrogens is 523 g/mol. The van der Waals surface area contributed by atoms with E-state index in [0.717, 1.165) is 30.7 Å². The van der Waals surface area contributed by atoms with Crippen molar-refractivity contribution in [3.05, 3.63) is 77.4 Å². The predicted molar refractivity (Wildman–Crippen MR) is 144 cm³/mol. The van der Waals surface area contributed by atoms with Gasteiger partial charge >= 0.3 is 6.18 Å². The lowest BCUT2D eigenvalue weighted by atomic mass is 9.94. The van der Waals surface area contributed by atoms with Gasteiger partial charge in [-0.25, -0.2) is 0 Å². The maximum atomic E-state index is 13.8. The molecule has 1 fully saturated rings. The lowest BCUT2D eigenvalue weighted by Crippen LogP contribution is -2.28. The van der Waals surface area contributed by atoms with Crippen LogP contribution in [0, 0.1) is 0 Å². The third-order valence-electron chi connectivity index (χ3n) is 7.18. The summed E-state index contributed by atoms with van der Waals surface area (Å²) in [6.07, 6.45) is -2.67. The highest BCUT2D eigenvalue weighted by molar-refractivity contribution is 6.02. The van der Waals surface area contributed by atoms with Crippen LogP contribution in [0.1, 0.15) is 40.7 Å². The molecule has 5 rings (SSSR count).